The Bertz CT molecular complexity index is 497. The second-order valence-electron chi connectivity index (χ2n) is 3.99. The highest BCUT2D eigenvalue weighted by Gasteiger charge is 2.10. The maximum absolute atomic E-state index is 6.20. The summed E-state index contributed by atoms with van der Waals surface area (Å²) in [6.07, 6.45) is 3.54. The van der Waals surface area contributed by atoms with Crippen molar-refractivity contribution >= 4 is 0 Å². The van der Waals surface area contributed by atoms with E-state index in [2.05, 4.69) is 11.1 Å². The van der Waals surface area contributed by atoms with Crippen molar-refractivity contribution < 1.29 is 4.74 Å². The molecule has 0 spiro atoms. The quantitative estimate of drug-likeness (QED) is 0.877. The molecule has 3 nitrogen and oxygen atoms in total. The van der Waals surface area contributed by atoms with Crippen molar-refractivity contribution in [3.8, 4) is 5.75 Å². The molecule has 0 saturated heterocycles. The lowest BCUT2D eigenvalue weighted by Crippen LogP contribution is -2.12. The molecule has 2 aromatic rings. The van der Waals surface area contributed by atoms with Gasteiger partial charge in [0.25, 0.3) is 0 Å². The molecule has 17 heavy (non-hydrogen) atoms. The van der Waals surface area contributed by atoms with Gasteiger partial charge in [0.1, 0.15) is 5.75 Å². The number of aryl methyl sites for hydroxylation is 1. The zero-order chi connectivity index (χ0) is 12.3. The van der Waals surface area contributed by atoms with Crippen molar-refractivity contribution in [3.05, 3.63) is 59.4 Å². The summed E-state index contributed by atoms with van der Waals surface area (Å²) in [7, 11) is 1.67. The summed E-state index contributed by atoms with van der Waals surface area (Å²) in [5.74, 6) is 0.882. The molecule has 0 aliphatic rings. The Hall–Kier alpha value is -1.87. The topological polar surface area (TPSA) is 48.1 Å². The maximum Gasteiger partial charge on any atom is 0.121 e. The Labute approximate surface area is 101 Å². The minimum atomic E-state index is -0.145. The van der Waals surface area contributed by atoms with Gasteiger partial charge in [-0.3, -0.25) is 4.98 Å². The van der Waals surface area contributed by atoms with Crippen molar-refractivity contribution in [1.82, 2.24) is 4.98 Å². The van der Waals surface area contributed by atoms with Crippen LogP contribution in [-0.2, 0) is 0 Å². The van der Waals surface area contributed by atoms with E-state index >= 15 is 0 Å². The van der Waals surface area contributed by atoms with E-state index < -0.39 is 0 Å². The summed E-state index contributed by atoms with van der Waals surface area (Å²) in [5.41, 5.74) is 9.36. The lowest BCUT2D eigenvalue weighted by Gasteiger charge is -2.14. The molecule has 1 aromatic heterocycles. The van der Waals surface area contributed by atoms with Crippen LogP contribution in [0.25, 0.3) is 0 Å². The van der Waals surface area contributed by atoms with Gasteiger partial charge in [-0.15, -0.1) is 0 Å². The zero-order valence-corrected chi connectivity index (χ0v) is 10.1. The summed E-state index contributed by atoms with van der Waals surface area (Å²) in [6.45, 7) is 2.01. The lowest BCUT2D eigenvalue weighted by atomic mass is 9.99. The number of aromatic nitrogens is 1. The molecule has 0 radical (unpaired) electrons. The Kier molecular flexibility index (Phi) is 3.40. The molecule has 2 rings (SSSR count). The molecule has 2 N–H and O–H groups in total. The van der Waals surface area contributed by atoms with Crippen LogP contribution in [0.5, 0.6) is 5.75 Å². The van der Waals surface area contributed by atoms with E-state index in [-0.39, 0.29) is 6.04 Å². The summed E-state index contributed by atoms with van der Waals surface area (Å²) in [6, 6.07) is 9.72. The van der Waals surface area contributed by atoms with Crippen LogP contribution >= 0.6 is 0 Å². The number of methoxy groups -OCH3 is 1. The van der Waals surface area contributed by atoms with Crippen molar-refractivity contribution in [2.45, 2.75) is 13.0 Å². The third kappa shape index (κ3) is 2.45. The van der Waals surface area contributed by atoms with Gasteiger partial charge in [-0.05, 0) is 35.7 Å². The van der Waals surface area contributed by atoms with Crippen molar-refractivity contribution in [1.29, 1.82) is 0 Å². The third-order valence-corrected chi connectivity index (χ3v) is 2.82. The first kappa shape index (κ1) is 11.6. The van der Waals surface area contributed by atoms with E-state index in [1.807, 2.05) is 31.2 Å². The van der Waals surface area contributed by atoms with Crippen LogP contribution in [0.1, 0.15) is 22.7 Å². The molecule has 1 aromatic carbocycles. The fraction of sp³-hybridized carbons (Fsp3) is 0.214. The van der Waals surface area contributed by atoms with E-state index in [1.54, 1.807) is 19.5 Å². The van der Waals surface area contributed by atoms with Gasteiger partial charge < -0.3 is 10.5 Å². The van der Waals surface area contributed by atoms with Crippen molar-refractivity contribution in [3.63, 3.8) is 0 Å². The van der Waals surface area contributed by atoms with Gasteiger partial charge in [-0.1, -0.05) is 18.2 Å². The van der Waals surface area contributed by atoms with Crippen molar-refractivity contribution in [2.75, 3.05) is 7.11 Å². The Morgan fingerprint density at radius 3 is 2.65 bits per heavy atom. The number of hydrogen-bond acceptors (Lipinski definition) is 3. The molecule has 0 bridgehead atoms. The molecule has 1 unspecified atom stereocenters. The van der Waals surface area contributed by atoms with Gasteiger partial charge in [-0.25, -0.2) is 0 Å². The molecule has 0 aliphatic carbocycles. The first-order valence-corrected chi connectivity index (χ1v) is 5.52. The summed E-state index contributed by atoms with van der Waals surface area (Å²) in [4.78, 5) is 4.08. The van der Waals surface area contributed by atoms with Gasteiger partial charge in [0, 0.05) is 12.4 Å². The maximum atomic E-state index is 6.20. The zero-order valence-electron chi connectivity index (χ0n) is 10.1. The van der Waals surface area contributed by atoms with Gasteiger partial charge in [0.2, 0.25) is 0 Å². The fourth-order valence-corrected chi connectivity index (χ4v) is 1.85. The van der Waals surface area contributed by atoms with Gasteiger partial charge in [0.05, 0.1) is 13.2 Å². The standard InChI is InChI=1S/C14H16N2O/c1-10-8-11(5-6-13(10)17-2)14(15)12-4-3-7-16-9-12/h3-9,14H,15H2,1-2H3. The smallest absolute Gasteiger partial charge is 0.121 e. The van der Waals surface area contributed by atoms with Crippen LogP contribution in [0.3, 0.4) is 0 Å². The summed E-state index contributed by atoms with van der Waals surface area (Å²) in [5, 5.41) is 0. The number of nitrogens with zero attached hydrogens (tertiary/aromatic N) is 1. The average molecular weight is 228 g/mol. The molecule has 0 fully saturated rings. The minimum Gasteiger partial charge on any atom is -0.496 e. The van der Waals surface area contributed by atoms with Crippen LogP contribution in [0, 0.1) is 6.92 Å². The van der Waals surface area contributed by atoms with E-state index in [1.165, 1.54) is 0 Å². The number of nitrogens with two attached hydrogens (primary N) is 1. The molecule has 3 heteroatoms. The normalized spacial score (nSPS) is 12.2. The first-order chi connectivity index (χ1) is 8.22. The van der Waals surface area contributed by atoms with E-state index in [9.17, 15) is 0 Å². The Balaban J connectivity index is 2.32. The molecule has 1 atom stereocenters. The van der Waals surface area contributed by atoms with Crippen LogP contribution in [-0.4, -0.2) is 12.1 Å². The lowest BCUT2D eigenvalue weighted by molar-refractivity contribution is 0.411. The van der Waals surface area contributed by atoms with Crippen LogP contribution in [0.15, 0.2) is 42.7 Å². The molecule has 88 valence electrons. The van der Waals surface area contributed by atoms with Crippen LogP contribution in [0.4, 0.5) is 0 Å². The number of benzene rings is 1. The molecule has 0 saturated carbocycles. The van der Waals surface area contributed by atoms with Crippen molar-refractivity contribution in [2.24, 2.45) is 5.73 Å². The number of hydrogen-bond donors (Lipinski definition) is 1. The fourth-order valence-electron chi connectivity index (χ4n) is 1.85. The second kappa shape index (κ2) is 4.97. The molecular weight excluding hydrogens is 212 g/mol. The van der Waals surface area contributed by atoms with E-state index in [4.69, 9.17) is 10.5 Å². The highest BCUT2D eigenvalue weighted by molar-refractivity contribution is 5.40. The molecular formula is C14H16N2O. The third-order valence-electron chi connectivity index (χ3n) is 2.82. The number of pyridine rings is 1. The van der Waals surface area contributed by atoms with Gasteiger partial charge in [-0.2, -0.15) is 0 Å². The van der Waals surface area contributed by atoms with Crippen LogP contribution < -0.4 is 10.5 Å². The van der Waals surface area contributed by atoms with E-state index in [0.717, 1.165) is 22.4 Å². The summed E-state index contributed by atoms with van der Waals surface area (Å²) < 4.78 is 5.23. The molecule has 1 heterocycles. The SMILES string of the molecule is COc1ccc(C(N)c2cccnc2)cc1C. The highest BCUT2D eigenvalue weighted by Crippen LogP contribution is 2.24. The second-order valence-corrected chi connectivity index (χ2v) is 3.99. The molecule has 0 aliphatic heterocycles. The Morgan fingerprint density at radius 2 is 2.06 bits per heavy atom. The van der Waals surface area contributed by atoms with Gasteiger partial charge >= 0.3 is 0 Å². The number of ether oxygens (including phenoxy) is 1. The molecule has 0 amide bonds. The monoisotopic (exact) mass is 228 g/mol. The van der Waals surface area contributed by atoms with Crippen LogP contribution in [0.2, 0.25) is 0 Å². The predicted octanol–water partition coefficient (Wildman–Crippen LogP) is 2.45. The predicted molar refractivity (Wildman–Crippen MR) is 68.0 cm³/mol. The first-order valence-electron chi connectivity index (χ1n) is 5.52. The highest BCUT2D eigenvalue weighted by atomic mass is 16.5. The Morgan fingerprint density at radius 1 is 1.24 bits per heavy atom. The minimum absolute atomic E-state index is 0.145. The number of rotatable bonds is 3. The van der Waals surface area contributed by atoms with E-state index in [0.29, 0.717) is 0 Å². The van der Waals surface area contributed by atoms with Gasteiger partial charge in [0.15, 0.2) is 0 Å². The average Bonchev–Trinajstić information content (AvgIpc) is 2.39. The largest absolute Gasteiger partial charge is 0.496 e. The summed E-state index contributed by atoms with van der Waals surface area (Å²) >= 11 is 0.